The minimum absolute atomic E-state index is 0.0219. The standard InChI is InChI=1S/C12H19N3O3/c1-2-15(9-3-5-13-6-4-9)8-10-7-11(12(16)17)14-18-10/h7,9,13H,2-6,8H2,1H3,(H,16,17). The van der Waals surface area contributed by atoms with Crippen molar-refractivity contribution in [2.45, 2.75) is 32.4 Å². The van der Waals surface area contributed by atoms with Gasteiger partial charge in [-0.05, 0) is 32.5 Å². The van der Waals surface area contributed by atoms with Crippen molar-refractivity contribution in [1.82, 2.24) is 15.4 Å². The van der Waals surface area contributed by atoms with Crippen molar-refractivity contribution >= 4 is 5.97 Å². The highest BCUT2D eigenvalue weighted by Gasteiger charge is 2.21. The fourth-order valence-electron chi connectivity index (χ4n) is 2.36. The van der Waals surface area contributed by atoms with Crippen LogP contribution in [0.3, 0.4) is 0 Å². The topological polar surface area (TPSA) is 78.6 Å². The third-order valence-electron chi connectivity index (χ3n) is 3.37. The summed E-state index contributed by atoms with van der Waals surface area (Å²) in [5, 5.41) is 15.7. The van der Waals surface area contributed by atoms with Crippen molar-refractivity contribution in [3.05, 3.63) is 17.5 Å². The van der Waals surface area contributed by atoms with Crippen molar-refractivity contribution in [2.75, 3.05) is 19.6 Å². The molecule has 0 saturated carbocycles. The fourth-order valence-corrected chi connectivity index (χ4v) is 2.36. The van der Waals surface area contributed by atoms with Crippen LogP contribution in [0.1, 0.15) is 36.0 Å². The molecule has 2 heterocycles. The van der Waals surface area contributed by atoms with Crippen molar-refractivity contribution in [2.24, 2.45) is 0 Å². The molecule has 0 radical (unpaired) electrons. The quantitative estimate of drug-likeness (QED) is 0.813. The summed E-state index contributed by atoms with van der Waals surface area (Å²) in [5.41, 5.74) is -0.0219. The number of piperidine rings is 1. The first-order chi connectivity index (χ1) is 8.70. The molecular weight excluding hydrogens is 234 g/mol. The number of aromatic carboxylic acids is 1. The fraction of sp³-hybridized carbons (Fsp3) is 0.667. The molecule has 100 valence electrons. The zero-order chi connectivity index (χ0) is 13.0. The Hall–Kier alpha value is -1.40. The van der Waals surface area contributed by atoms with E-state index in [4.69, 9.17) is 9.63 Å². The van der Waals surface area contributed by atoms with Gasteiger partial charge in [0.15, 0.2) is 11.5 Å². The van der Waals surface area contributed by atoms with Gasteiger partial charge in [-0.1, -0.05) is 12.1 Å². The summed E-state index contributed by atoms with van der Waals surface area (Å²) in [6.45, 7) is 5.74. The smallest absolute Gasteiger partial charge is 0.358 e. The van der Waals surface area contributed by atoms with E-state index >= 15 is 0 Å². The maximum atomic E-state index is 10.7. The molecular formula is C12H19N3O3. The predicted octanol–water partition coefficient (Wildman–Crippen LogP) is 0.947. The minimum Gasteiger partial charge on any atom is -0.476 e. The first-order valence-corrected chi connectivity index (χ1v) is 6.34. The van der Waals surface area contributed by atoms with Crippen LogP contribution >= 0.6 is 0 Å². The molecule has 1 aliphatic heterocycles. The average Bonchev–Trinajstić information content (AvgIpc) is 2.86. The summed E-state index contributed by atoms with van der Waals surface area (Å²) < 4.78 is 5.06. The number of nitrogens with zero attached hydrogens (tertiary/aromatic N) is 2. The van der Waals surface area contributed by atoms with E-state index in [1.165, 1.54) is 6.07 Å². The highest BCUT2D eigenvalue weighted by atomic mass is 16.5. The number of nitrogens with one attached hydrogen (secondary N) is 1. The third-order valence-corrected chi connectivity index (χ3v) is 3.37. The molecule has 0 aliphatic carbocycles. The van der Waals surface area contributed by atoms with Crippen LogP contribution in [-0.2, 0) is 6.54 Å². The third kappa shape index (κ3) is 3.08. The van der Waals surface area contributed by atoms with Crippen LogP contribution in [0.15, 0.2) is 10.6 Å². The molecule has 6 nitrogen and oxygen atoms in total. The van der Waals surface area contributed by atoms with Gasteiger partial charge in [0.25, 0.3) is 0 Å². The first kappa shape index (κ1) is 13.0. The Balaban J connectivity index is 1.97. The Morgan fingerprint density at radius 3 is 2.89 bits per heavy atom. The van der Waals surface area contributed by atoms with Crippen LogP contribution in [0.2, 0.25) is 0 Å². The maximum absolute atomic E-state index is 10.7. The number of carboxylic acid groups (broad SMARTS) is 1. The van der Waals surface area contributed by atoms with E-state index in [0.717, 1.165) is 32.5 Å². The maximum Gasteiger partial charge on any atom is 0.358 e. The molecule has 1 aliphatic rings. The Labute approximate surface area is 106 Å². The van der Waals surface area contributed by atoms with Gasteiger partial charge in [0.05, 0.1) is 6.54 Å². The molecule has 0 atom stereocenters. The van der Waals surface area contributed by atoms with Crippen LogP contribution < -0.4 is 5.32 Å². The summed E-state index contributed by atoms with van der Waals surface area (Å²) >= 11 is 0. The molecule has 2 rings (SSSR count). The lowest BCUT2D eigenvalue weighted by atomic mass is 10.0. The largest absolute Gasteiger partial charge is 0.476 e. The van der Waals surface area contributed by atoms with Gasteiger partial charge in [0, 0.05) is 12.1 Å². The second kappa shape index (κ2) is 5.97. The molecule has 0 bridgehead atoms. The Bertz CT molecular complexity index is 399. The van der Waals surface area contributed by atoms with E-state index in [2.05, 4.69) is 22.3 Å². The van der Waals surface area contributed by atoms with Crippen LogP contribution in [0, 0.1) is 0 Å². The Morgan fingerprint density at radius 2 is 2.33 bits per heavy atom. The van der Waals surface area contributed by atoms with E-state index in [1.807, 2.05) is 0 Å². The number of carboxylic acids is 1. The Kier molecular flexibility index (Phi) is 4.33. The lowest BCUT2D eigenvalue weighted by molar-refractivity contribution is 0.0685. The minimum atomic E-state index is -1.05. The van der Waals surface area contributed by atoms with Gasteiger partial charge >= 0.3 is 5.97 Å². The molecule has 0 aromatic carbocycles. The van der Waals surface area contributed by atoms with Gasteiger partial charge in [0.1, 0.15) is 0 Å². The Morgan fingerprint density at radius 1 is 1.61 bits per heavy atom. The summed E-state index contributed by atoms with van der Waals surface area (Å²) in [6.07, 6.45) is 2.24. The molecule has 1 fully saturated rings. The SMILES string of the molecule is CCN(Cc1cc(C(=O)O)no1)C1CCNCC1. The number of hydrogen-bond donors (Lipinski definition) is 2. The van der Waals surface area contributed by atoms with Crippen molar-refractivity contribution in [3.63, 3.8) is 0 Å². The number of carbonyl (C=O) groups is 1. The highest BCUT2D eigenvalue weighted by molar-refractivity contribution is 5.85. The van der Waals surface area contributed by atoms with E-state index in [9.17, 15) is 4.79 Å². The number of hydrogen-bond acceptors (Lipinski definition) is 5. The van der Waals surface area contributed by atoms with Crippen molar-refractivity contribution < 1.29 is 14.4 Å². The molecule has 1 aromatic rings. The highest BCUT2D eigenvalue weighted by Crippen LogP contribution is 2.16. The van der Waals surface area contributed by atoms with E-state index in [1.54, 1.807) is 0 Å². The average molecular weight is 253 g/mol. The number of aromatic nitrogens is 1. The summed E-state index contributed by atoms with van der Waals surface area (Å²) in [7, 11) is 0. The van der Waals surface area contributed by atoms with Gasteiger partial charge in [-0.2, -0.15) is 0 Å². The van der Waals surface area contributed by atoms with Crippen LogP contribution in [0.25, 0.3) is 0 Å². The van der Waals surface area contributed by atoms with Gasteiger partial charge < -0.3 is 14.9 Å². The van der Waals surface area contributed by atoms with Crippen LogP contribution in [-0.4, -0.2) is 46.8 Å². The normalized spacial score (nSPS) is 17.2. The number of rotatable bonds is 5. The summed E-state index contributed by atoms with van der Waals surface area (Å²) in [6, 6.07) is 2.04. The zero-order valence-corrected chi connectivity index (χ0v) is 10.6. The van der Waals surface area contributed by atoms with Gasteiger partial charge in [0.2, 0.25) is 0 Å². The lowest BCUT2D eigenvalue weighted by Crippen LogP contribution is -2.42. The van der Waals surface area contributed by atoms with E-state index in [0.29, 0.717) is 18.3 Å². The second-order valence-corrected chi connectivity index (χ2v) is 4.53. The molecule has 0 amide bonds. The monoisotopic (exact) mass is 253 g/mol. The van der Waals surface area contributed by atoms with Gasteiger partial charge in [-0.25, -0.2) is 4.79 Å². The van der Waals surface area contributed by atoms with Crippen LogP contribution in [0.4, 0.5) is 0 Å². The first-order valence-electron chi connectivity index (χ1n) is 6.34. The summed E-state index contributed by atoms with van der Waals surface area (Å²) in [4.78, 5) is 13.0. The predicted molar refractivity (Wildman–Crippen MR) is 65.4 cm³/mol. The molecule has 6 heteroatoms. The molecule has 0 spiro atoms. The van der Waals surface area contributed by atoms with E-state index in [-0.39, 0.29) is 5.69 Å². The molecule has 1 saturated heterocycles. The second-order valence-electron chi connectivity index (χ2n) is 4.53. The van der Waals surface area contributed by atoms with E-state index < -0.39 is 5.97 Å². The van der Waals surface area contributed by atoms with Crippen LogP contribution in [0.5, 0.6) is 0 Å². The van der Waals surface area contributed by atoms with Crippen molar-refractivity contribution in [3.8, 4) is 0 Å². The molecule has 18 heavy (non-hydrogen) atoms. The molecule has 0 unspecified atom stereocenters. The van der Waals surface area contributed by atoms with Gasteiger partial charge in [-0.15, -0.1) is 0 Å². The van der Waals surface area contributed by atoms with Gasteiger partial charge in [-0.3, -0.25) is 4.90 Å². The zero-order valence-electron chi connectivity index (χ0n) is 10.6. The molecule has 1 aromatic heterocycles. The summed E-state index contributed by atoms with van der Waals surface area (Å²) in [5.74, 6) is -0.428. The molecule has 2 N–H and O–H groups in total. The lowest BCUT2D eigenvalue weighted by Gasteiger charge is -2.33. The van der Waals surface area contributed by atoms with Crippen molar-refractivity contribution in [1.29, 1.82) is 0 Å².